The fourth-order valence-electron chi connectivity index (χ4n) is 3.30. The van der Waals surface area contributed by atoms with E-state index < -0.39 is 0 Å². The first-order chi connectivity index (χ1) is 14.1. The fraction of sp³-hybridized carbons (Fsp3) is 0.190. The van der Waals surface area contributed by atoms with Gasteiger partial charge in [-0.3, -0.25) is 4.79 Å². The third-order valence-corrected chi connectivity index (χ3v) is 5.64. The predicted molar refractivity (Wildman–Crippen MR) is 112 cm³/mol. The second kappa shape index (κ2) is 8.08. The van der Waals surface area contributed by atoms with Gasteiger partial charge in [0.05, 0.1) is 30.6 Å². The molecular formula is C21H19FN4O2S. The molecule has 8 heteroatoms. The first kappa shape index (κ1) is 19.2. The van der Waals surface area contributed by atoms with Crippen LogP contribution in [0.1, 0.15) is 18.5 Å². The Balaban J connectivity index is 1.49. The molecule has 29 heavy (non-hydrogen) atoms. The number of methoxy groups -OCH3 is 1. The summed E-state index contributed by atoms with van der Waals surface area (Å²) in [6.45, 7) is 1.91. The van der Waals surface area contributed by atoms with Crippen molar-refractivity contribution in [3.63, 3.8) is 0 Å². The first-order valence-electron chi connectivity index (χ1n) is 9.04. The number of H-pyrrole nitrogens is 1. The number of fused-ring (bicyclic) bond motifs is 3. The van der Waals surface area contributed by atoms with Crippen molar-refractivity contribution in [3.05, 3.63) is 60.0 Å². The highest BCUT2D eigenvalue weighted by Crippen LogP contribution is 2.31. The number of benzene rings is 2. The summed E-state index contributed by atoms with van der Waals surface area (Å²) < 4.78 is 19.0. The van der Waals surface area contributed by atoms with E-state index in [9.17, 15) is 9.18 Å². The summed E-state index contributed by atoms with van der Waals surface area (Å²) in [6, 6.07) is 11.9. The predicted octanol–water partition coefficient (Wildman–Crippen LogP) is 4.23. The number of rotatable bonds is 6. The van der Waals surface area contributed by atoms with Crippen LogP contribution in [0.5, 0.6) is 5.75 Å². The van der Waals surface area contributed by atoms with Crippen LogP contribution in [0.4, 0.5) is 4.39 Å². The number of halogens is 1. The van der Waals surface area contributed by atoms with Gasteiger partial charge in [-0.15, -0.1) is 5.10 Å². The summed E-state index contributed by atoms with van der Waals surface area (Å²) in [5, 5.41) is 13.3. The largest absolute Gasteiger partial charge is 0.496 e. The van der Waals surface area contributed by atoms with Crippen molar-refractivity contribution in [1.29, 1.82) is 0 Å². The quantitative estimate of drug-likeness (QED) is 0.465. The van der Waals surface area contributed by atoms with E-state index in [1.54, 1.807) is 19.4 Å². The Morgan fingerprint density at radius 1 is 1.28 bits per heavy atom. The van der Waals surface area contributed by atoms with E-state index in [0.29, 0.717) is 5.03 Å². The van der Waals surface area contributed by atoms with Crippen LogP contribution in [0.15, 0.2) is 53.7 Å². The van der Waals surface area contributed by atoms with E-state index in [4.69, 9.17) is 4.74 Å². The molecule has 4 aromatic rings. The molecule has 2 N–H and O–H groups in total. The third-order valence-electron chi connectivity index (χ3n) is 4.67. The average Bonchev–Trinajstić information content (AvgIpc) is 3.10. The average molecular weight is 410 g/mol. The van der Waals surface area contributed by atoms with Crippen LogP contribution in [0.25, 0.3) is 21.8 Å². The number of ether oxygens (including phenoxy) is 1. The number of thioether (sulfide) groups is 1. The molecule has 4 rings (SSSR count). The Labute approximate surface area is 170 Å². The highest BCUT2D eigenvalue weighted by Gasteiger charge is 2.16. The molecule has 1 unspecified atom stereocenters. The normalized spacial score (nSPS) is 12.2. The van der Waals surface area contributed by atoms with E-state index in [2.05, 4.69) is 20.5 Å². The topological polar surface area (TPSA) is 79.9 Å². The minimum Gasteiger partial charge on any atom is -0.496 e. The lowest BCUT2D eigenvalue weighted by Gasteiger charge is -2.17. The van der Waals surface area contributed by atoms with Crippen LogP contribution >= 0.6 is 11.8 Å². The zero-order valence-corrected chi connectivity index (χ0v) is 16.7. The van der Waals surface area contributed by atoms with Crippen molar-refractivity contribution >= 4 is 39.5 Å². The number of aromatic amines is 1. The molecule has 2 aromatic heterocycles. The summed E-state index contributed by atoms with van der Waals surface area (Å²) in [6.07, 6.45) is 1.60. The molecule has 2 heterocycles. The van der Waals surface area contributed by atoms with Crippen molar-refractivity contribution in [3.8, 4) is 5.75 Å². The smallest absolute Gasteiger partial charge is 0.230 e. The van der Waals surface area contributed by atoms with Gasteiger partial charge in [0.2, 0.25) is 5.91 Å². The number of carbonyl (C=O) groups is 1. The van der Waals surface area contributed by atoms with Gasteiger partial charge in [-0.25, -0.2) is 4.39 Å². The van der Waals surface area contributed by atoms with E-state index in [1.807, 2.05) is 31.2 Å². The number of nitrogens with zero attached hydrogens (tertiary/aromatic N) is 2. The maximum Gasteiger partial charge on any atom is 0.230 e. The number of para-hydroxylation sites is 1. The van der Waals surface area contributed by atoms with Crippen LogP contribution in [-0.2, 0) is 4.79 Å². The van der Waals surface area contributed by atoms with Crippen LogP contribution in [0.2, 0.25) is 0 Å². The molecular weight excluding hydrogens is 391 g/mol. The van der Waals surface area contributed by atoms with Gasteiger partial charge < -0.3 is 15.0 Å². The molecule has 1 amide bonds. The summed E-state index contributed by atoms with van der Waals surface area (Å²) >= 11 is 1.28. The molecule has 148 valence electrons. The summed E-state index contributed by atoms with van der Waals surface area (Å²) in [5.41, 5.74) is 2.45. The molecule has 2 aromatic carbocycles. The monoisotopic (exact) mass is 410 g/mol. The number of nitrogens with one attached hydrogen (secondary N) is 2. The van der Waals surface area contributed by atoms with Crippen molar-refractivity contribution in [1.82, 2.24) is 20.5 Å². The van der Waals surface area contributed by atoms with E-state index >= 15 is 0 Å². The molecule has 1 atom stereocenters. The molecule has 0 aliphatic heterocycles. The summed E-state index contributed by atoms with van der Waals surface area (Å²) in [5.74, 6) is 0.467. The van der Waals surface area contributed by atoms with Crippen molar-refractivity contribution < 1.29 is 13.9 Å². The molecule has 0 fully saturated rings. The lowest BCUT2D eigenvalue weighted by atomic mass is 10.1. The van der Waals surface area contributed by atoms with Gasteiger partial charge in [0, 0.05) is 21.9 Å². The Kier molecular flexibility index (Phi) is 5.35. The lowest BCUT2D eigenvalue weighted by Crippen LogP contribution is -2.28. The number of hydrogen-bond acceptors (Lipinski definition) is 5. The van der Waals surface area contributed by atoms with Crippen molar-refractivity contribution in [2.75, 3.05) is 12.9 Å². The molecule has 0 saturated heterocycles. The molecule has 0 aliphatic rings. The van der Waals surface area contributed by atoms with Crippen LogP contribution in [0.3, 0.4) is 0 Å². The highest BCUT2D eigenvalue weighted by molar-refractivity contribution is 8.00. The Morgan fingerprint density at radius 3 is 2.93 bits per heavy atom. The van der Waals surface area contributed by atoms with Gasteiger partial charge in [0.1, 0.15) is 16.6 Å². The van der Waals surface area contributed by atoms with E-state index in [0.717, 1.165) is 33.1 Å². The van der Waals surface area contributed by atoms with Gasteiger partial charge in [-0.05, 0) is 31.2 Å². The molecule has 0 bridgehead atoms. The first-order valence-corrected chi connectivity index (χ1v) is 10.0. The number of aromatic nitrogens is 3. The Bertz CT molecular complexity index is 1190. The maximum atomic E-state index is 13.6. The van der Waals surface area contributed by atoms with E-state index in [-0.39, 0.29) is 23.5 Å². The van der Waals surface area contributed by atoms with Crippen molar-refractivity contribution in [2.45, 2.75) is 18.0 Å². The van der Waals surface area contributed by atoms with Crippen LogP contribution in [-0.4, -0.2) is 34.0 Å². The molecule has 0 spiro atoms. The third kappa shape index (κ3) is 3.88. The number of amides is 1. The van der Waals surface area contributed by atoms with Gasteiger partial charge in [-0.2, -0.15) is 5.10 Å². The zero-order valence-electron chi connectivity index (χ0n) is 15.9. The van der Waals surface area contributed by atoms with Crippen LogP contribution in [0, 0.1) is 5.82 Å². The number of carbonyl (C=O) groups excluding carboxylic acids is 1. The SMILES string of the molecule is COc1ccccc1C(C)NC(=O)CSc1nncc2c1[nH]c1ccc(F)cc12. The number of hydrogen-bond donors (Lipinski definition) is 2. The molecule has 0 radical (unpaired) electrons. The molecule has 6 nitrogen and oxygen atoms in total. The minimum atomic E-state index is -0.311. The van der Waals surface area contributed by atoms with Crippen LogP contribution < -0.4 is 10.1 Å². The second-order valence-electron chi connectivity index (χ2n) is 6.57. The maximum absolute atomic E-state index is 13.6. The lowest BCUT2D eigenvalue weighted by molar-refractivity contribution is -0.119. The minimum absolute atomic E-state index is 0.130. The Morgan fingerprint density at radius 2 is 2.10 bits per heavy atom. The van der Waals surface area contributed by atoms with Gasteiger partial charge >= 0.3 is 0 Å². The summed E-state index contributed by atoms with van der Waals surface area (Å²) in [4.78, 5) is 15.7. The molecule has 0 aliphatic carbocycles. The summed E-state index contributed by atoms with van der Waals surface area (Å²) in [7, 11) is 1.61. The van der Waals surface area contributed by atoms with Gasteiger partial charge in [0.25, 0.3) is 0 Å². The van der Waals surface area contributed by atoms with E-state index in [1.165, 1.54) is 23.9 Å². The Hall–Kier alpha value is -3.13. The van der Waals surface area contributed by atoms with Gasteiger partial charge in [-0.1, -0.05) is 30.0 Å². The van der Waals surface area contributed by atoms with Crippen molar-refractivity contribution in [2.24, 2.45) is 0 Å². The van der Waals surface area contributed by atoms with Gasteiger partial charge in [0.15, 0.2) is 0 Å². The zero-order chi connectivity index (χ0) is 20.4. The second-order valence-corrected chi connectivity index (χ2v) is 7.54. The molecule has 0 saturated carbocycles. The highest BCUT2D eigenvalue weighted by atomic mass is 32.2. The fourth-order valence-corrected chi connectivity index (χ4v) is 4.06. The standard InChI is InChI=1S/C21H19FN4O2S/c1-12(14-5-3-4-6-18(14)28-2)24-19(27)11-29-21-20-16(10-23-26-21)15-9-13(22)7-8-17(15)25-20/h3-10,12,25H,11H2,1-2H3,(H,24,27).